The van der Waals surface area contributed by atoms with Crippen LogP contribution in [0.15, 0.2) is 24.3 Å². The van der Waals surface area contributed by atoms with E-state index in [1.165, 1.54) is 27.4 Å². The monoisotopic (exact) mass is 342 g/mol. The van der Waals surface area contributed by atoms with Gasteiger partial charge in [-0.3, -0.25) is 9.59 Å². The van der Waals surface area contributed by atoms with Gasteiger partial charge in [0.15, 0.2) is 0 Å². The maximum atomic E-state index is 12.4. The van der Waals surface area contributed by atoms with Crippen molar-refractivity contribution in [1.82, 2.24) is 5.32 Å². The summed E-state index contributed by atoms with van der Waals surface area (Å²) < 4.78 is 4.73. The molecule has 2 amide bonds. The maximum absolute atomic E-state index is 12.4. The molecule has 0 spiro atoms. The molecule has 1 radical (unpaired) electrons. The third-order valence-corrected chi connectivity index (χ3v) is 3.42. The Kier molecular flexibility index (Phi) is 8.79. The minimum Gasteiger partial charge on any atom is -0.467 e. The number of benzene rings is 1. The Morgan fingerprint density at radius 2 is 2.08 bits per heavy atom. The van der Waals surface area contributed by atoms with E-state index in [0.717, 1.165) is 6.42 Å². The van der Waals surface area contributed by atoms with Crippen molar-refractivity contribution in [3.8, 4) is 5.97 Å². The smallest absolute Gasteiger partial charge is 0.328 e. The Balaban J connectivity index is 2.69. The zero-order valence-electron chi connectivity index (χ0n) is 14.4. The third kappa shape index (κ3) is 7.53. The number of unbranched alkanes of at least 4 members (excludes halogenated alkanes) is 1. The van der Waals surface area contributed by atoms with Gasteiger partial charge in [0, 0.05) is 18.2 Å². The Morgan fingerprint density at radius 3 is 2.72 bits per heavy atom. The molecule has 8 heteroatoms. The van der Waals surface area contributed by atoms with Gasteiger partial charge in [-0.15, -0.1) is 0 Å². The summed E-state index contributed by atoms with van der Waals surface area (Å²) in [4.78, 5) is 35.3. The summed E-state index contributed by atoms with van der Waals surface area (Å²) in [5.41, 5.74) is 0.833. The van der Waals surface area contributed by atoms with Crippen molar-refractivity contribution in [1.29, 1.82) is 5.26 Å². The Morgan fingerprint density at radius 1 is 1.32 bits per heavy atom. The molecule has 7 nitrogen and oxygen atoms in total. The summed E-state index contributed by atoms with van der Waals surface area (Å²) in [6.45, 7) is 1.38. The second-order valence-corrected chi connectivity index (χ2v) is 5.43. The highest BCUT2D eigenvalue weighted by atomic mass is 16.5. The number of carbonyl (C=O) groups excluding carboxylic acids is 3. The first kappa shape index (κ1) is 20.2. The topological polar surface area (TPSA) is 108 Å². The first-order valence-electron chi connectivity index (χ1n) is 7.95. The van der Waals surface area contributed by atoms with Crippen LogP contribution in [-0.2, 0) is 14.3 Å². The van der Waals surface area contributed by atoms with E-state index in [9.17, 15) is 14.4 Å². The fourth-order valence-electron chi connectivity index (χ4n) is 2.23. The molecule has 0 aliphatic heterocycles. The number of nitriles is 1. The van der Waals surface area contributed by atoms with Gasteiger partial charge in [0.2, 0.25) is 5.91 Å². The van der Waals surface area contributed by atoms with Gasteiger partial charge in [-0.1, -0.05) is 25.2 Å². The standard InChI is InChI=1S/C17H21BN3O4/c1-12(22)20-14-7-5-6-13(10-14)16(23)21-15(17(24)25-2)8-3-4-9-18-11-19/h5-7,10,15H,3-4,8-9H2,1-2H3,(H,20,22)(H,21,23)/t15-/m0/s1. The number of methoxy groups -OCH3 is 1. The fraction of sp³-hybridized carbons (Fsp3) is 0.412. The van der Waals surface area contributed by atoms with E-state index >= 15 is 0 Å². The van der Waals surface area contributed by atoms with Crippen LogP contribution < -0.4 is 10.6 Å². The average molecular weight is 342 g/mol. The highest BCUT2D eigenvalue weighted by Gasteiger charge is 2.21. The average Bonchev–Trinajstić information content (AvgIpc) is 2.59. The predicted molar refractivity (Wildman–Crippen MR) is 94.0 cm³/mol. The zero-order valence-corrected chi connectivity index (χ0v) is 14.4. The number of amides is 2. The van der Waals surface area contributed by atoms with Crippen molar-refractivity contribution in [3.63, 3.8) is 0 Å². The summed E-state index contributed by atoms with van der Waals surface area (Å²) in [5.74, 6) is 0.766. The summed E-state index contributed by atoms with van der Waals surface area (Å²) in [6, 6.07) is 5.68. The second kappa shape index (κ2) is 10.9. The second-order valence-electron chi connectivity index (χ2n) is 5.43. The van der Waals surface area contributed by atoms with Gasteiger partial charge < -0.3 is 15.4 Å². The van der Waals surface area contributed by atoms with Crippen LogP contribution in [0.3, 0.4) is 0 Å². The summed E-state index contributed by atoms with van der Waals surface area (Å²) in [7, 11) is 2.77. The number of carbonyl (C=O) groups is 3. The SMILES string of the molecule is COC(=O)[C@H](CCCC[B]C#N)NC(=O)c1cccc(NC(C)=O)c1. The van der Waals surface area contributed by atoms with Crippen LogP contribution in [0.25, 0.3) is 0 Å². The van der Waals surface area contributed by atoms with Crippen molar-refractivity contribution in [3.05, 3.63) is 29.8 Å². The predicted octanol–water partition coefficient (Wildman–Crippen LogP) is 1.69. The van der Waals surface area contributed by atoms with Gasteiger partial charge in [0.05, 0.1) is 7.11 Å². The lowest BCUT2D eigenvalue weighted by Crippen LogP contribution is -2.41. The summed E-state index contributed by atoms with van der Waals surface area (Å²) in [5, 5.41) is 13.7. The lowest BCUT2D eigenvalue weighted by Gasteiger charge is -2.16. The number of esters is 1. The normalized spacial score (nSPS) is 10.9. The molecule has 1 atom stereocenters. The molecule has 1 aromatic rings. The molecule has 0 aliphatic rings. The lowest BCUT2D eigenvalue weighted by molar-refractivity contribution is -0.143. The molecule has 1 aromatic carbocycles. The Bertz CT molecular complexity index is 658. The quantitative estimate of drug-likeness (QED) is 0.403. The van der Waals surface area contributed by atoms with Gasteiger partial charge >= 0.3 is 5.97 Å². The van der Waals surface area contributed by atoms with Crippen LogP contribution in [0.5, 0.6) is 0 Å². The maximum Gasteiger partial charge on any atom is 0.328 e. The van der Waals surface area contributed by atoms with Gasteiger partial charge in [-0.2, -0.15) is 0 Å². The van der Waals surface area contributed by atoms with E-state index in [1.807, 2.05) is 5.97 Å². The van der Waals surface area contributed by atoms with Crippen LogP contribution in [0.2, 0.25) is 6.32 Å². The van der Waals surface area contributed by atoms with Gasteiger partial charge in [0.1, 0.15) is 6.04 Å². The Hall–Kier alpha value is -2.82. The molecule has 0 aliphatic carbocycles. The van der Waals surface area contributed by atoms with Crippen molar-refractivity contribution in [2.24, 2.45) is 0 Å². The highest BCUT2D eigenvalue weighted by molar-refractivity contribution is 6.44. The first-order chi connectivity index (χ1) is 12.0. The minimum atomic E-state index is -0.760. The lowest BCUT2D eigenvalue weighted by atomic mass is 9.75. The van der Waals surface area contributed by atoms with E-state index in [1.54, 1.807) is 18.2 Å². The zero-order chi connectivity index (χ0) is 18.7. The molecule has 0 saturated heterocycles. The largest absolute Gasteiger partial charge is 0.467 e. The Labute approximate surface area is 148 Å². The first-order valence-corrected chi connectivity index (χ1v) is 7.95. The molecule has 2 N–H and O–H groups in total. The van der Waals surface area contributed by atoms with E-state index in [2.05, 4.69) is 10.6 Å². The van der Waals surface area contributed by atoms with Crippen molar-refractivity contribution in [2.75, 3.05) is 12.4 Å². The number of ether oxygens (including phenoxy) is 1. The van der Waals surface area contributed by atoms with E-state index in [0.29, 0.717) is 30.4 Å². The van der Waals surface area contributed by atoms with Crippen LogP contribution in [0.1, 0.15) is 36.5 Å². The minimum absolute atomic E-state index is 0.237. The molecule has 0 heterocycles. The van der Waals surface area contributed by atoms with Gasteiger partial charge in [-0.05, 0) is 30.6 Å². The van der Waals surface area contributed by atoms with Crippen LogP contribution >= 0.6 is 0 Å². The molecular formula is C17H21BN3O4. The molecular weight excluding hydrogens is 321 g/mol. The number of anilines is 1. The molecule has 0 fully saturated rings. The third-order valence-electron chi connectivity index (χ3n) is 3.42. The van der Waals surface area contributed by atoms with Gasteiger partial charge in [-0.25, -0.2) is 10.1 Å². The van der Waals surface area contributed by atoms with Crippen molar-refractivity contribution in [2.45, 2.75) is 38.5 Å². The van der Waals surface area contributed by atoms with E-state index in [-0.39, 0.29) is 5.91 Å². The van der Waals surface area contributed by atoms with Crippen LogP contribution in [-0.4, -0.2) is 38.2 Å². The molecule has 131 valence electrons. The summed E-state index contributed by atoms with van der Waals surface area (Å²) >= 11 is 0. The number of rotatable bonds is 9. The van der Waals surface area contributed by atoms with Crippen LogP contribution in [0.4, 0.5) is 5.69 Å². The molecule has 25 heavy (non-hydrogen) atoms. The number of nitrogens with zero attached hydrogens (tertiary/aromatic N) is 1. The molecule has 0 saturated carbocycles. The summed E-state index contributed by atoms with van der Waals surface area (Å²) in [6.07, 6.45) is 2.47. The molecule has 0 bridgehead atoms. The number of nitrogens with one attached hydrogen (secondary N) is 2. The number of hydrogen-bond donors (Lipinski definition) is 2. The van der Waals surface area contributed by atoms with E-state index in [4.69, 9.17) is 10.00 Å². The molecule has 0 aromatic heterocycles. The van der Waals surface area contributed by atoms with Crippen LogP contribution in [0, 0.1) is 11.2 Å². The van der Waals surface area contributed by atoms with Gasteiger partial charge in [0.25, 0.3) is 13.2 Å². The molecule has 0 unspecified atom stereocenters. The highest BCUT2D eigenvalue weighted by Crippen LogP contribution is 2.12. The molecule has 1 rings (SSSR count). The van der Waals surface area contributed by atoms with E-state index < -0.39 is 17.9 Å². The van der Waals surface area contributed by atoms with Crippen molar-refractivity contribution >= 4 is 30.8 Å². The fourth-order valence-corrected chi connectivity index (χ4v) is 2.23. The van der Waals surface area contributed by atoms with Crippen molar-refractivity contribution < 1.29 is 19.1 Å². The number of hydrogen-bond acceptors (Lipinski definition) is 5.